The fourth-order valence-corrected chi connectivity index (χ4v) is 3.65. The van der Waals surface area contributed by atoms with Gasteiger partial charge >= 0.3 is 5.97 Å². The predicted octanol–water partition coefficient (Wildman–Crippen LogP) is 3.22. The third-order valence-electron chi connectivity index (χ3n) is 4.75. The van der Waals surface area contributed by atoms with E-state index in [1.807, 2.05) is 26.8 Å². The molecule has 0 fully saturated rings. The van der Waals surface area contributed by atoms with Gasteiger partial charge in [0, 0.05) is 24.1 Å². The van der Waals surface area contributed by atoms with Gasteiger partial charge in [-0.25, -0.2) is 4.79 Å². The van der Waals surface area contributed by atoms with E-state index in [2.05, 4.69) is 13.8 Å². The van der Waals surface area contributed by atoms with Crippen LogP contribution < -0.4 is 5.73 Å². The minimum absolute atomic E-state index is 0. The van der Waals surface area contributed by atoms with E-state index in [1.165, 1.54) is 0 Å². The predicted molar refractivity (Wildman–Crippen MR) is 110 cm³/mol. The van der Waals surface area contributed by atoms with Crippen LogP contribution in [0.15, 0.2) is 11.6 Å². The standard InChI is InChI=1S/C20H36N2O4.ClH/c1-8-15(9-2)26-17-12-14(19(24)25-10-3)11-16(21)18(17)22(13(4)23)20(5,6)7;/h12,15-18H,8-11,21H2,1-7H3;1H/t16-,17+,18+;/m0./s1. The zero-order valence-electron chi connectivity index (χ0n) is 17.8. The first kappa shape index (κ1) is 25.9. The molecular formula is C20H37ClN2O4. The van der Waals surface area contributed by atoms with Crippen molar-refractivity contribution in [2.75, 3.05) is 6.61 Å². The van der Waals surface area contributed by atoms with Crippen molar-refractivity contribution < 1.29 is 19.1 Å². The highest BCUT2D eigenvalue weighted by Crippen LogP contribution is 2.31. The Morgan fingerprint density at radius 1 is 1.26 bits per heavy atom. The van der Waals surface area contributed by atoms with Crippen LogP contribution in [0.1, 0.15) is 67.7 Å². The number of carbonyl (C=O) groups excluding carboxylic acids is 2. The van der Waals surface area contributed by atoms with Crippen LogP contribution in [0.5, 0.6) is 0 Å². The number of carbonyl (C=O) groups is 2. The summed E-state index contributed by atoms with van der Waals surface area (Å²) in [5.74, 6) is -0.409. The van der Waals surface area contributed by atoms with E-state index < -0.39 is 17.7 Å². The summed E-state index contributed by atoms with van der Waals surface area (Å²) >= 11 is 0. The van der Waals surface area contributed by atoms with Crippen molar-refractivity contribution in [2.24, 2.45) is 5.73 Å². The van der Waals surface area contributed by atoms with Crippen LogP contribution in [0.4, 0.5) is 0 Å². The summed E-state index contributed by atoms with van der Waals surface area (Å²) in [7, 11) is 0. The molecule has 0 aromatic rings. The van der Waals surface area contributed by atoms with Gasteiger partial charge in [-0.2, -0.15) is 0 Å². The Morgan fingerprint density at radius 3 is 2.22 bits per heavy atom. The molecule has 1 aliphatic carbocycles. The van der Waals surface area contributed by atoms with E-state index in [0.717, 1.165) is 12.8 Å². The van der Waals surface area contributed by atoms with Gasteiger partial charge in [-0.1, -0.05) is 13.8 Å². The van der Waals surface area contributed by atoms with Gasteiger partial charge in [0.25, 0.3) is 0 Å². The van der Waals surface area contributed by atoms with Crippen LogP contribution in [0.3, 0.4) is 0 Å². The molecule has 6 nitrogen and oxygen atoms in total. The molecule has 2 N–H and O–H groups in total. The first-order chi connectivity index (χ1) is 12.1. The Balaban J connectivity index is 0.00000676. The summed E-state index contributed by atoms with van der Waals surface area (Å²) in [5, 5.41) is 0. The number of hydrogen-bond donors (Lipinski definition) is 1. The minimum Gasteiger partial charge on any atom is -0.463 e. The second-order valence-electron chi connectivity index (χ2n) is 7.87. The second kappa shape index (κ2) is 11.0. The first-order valence-electron chi connectivity index (χ1n) is 9.65. The molecule has 0 radical (unpaired) electrons. The quantitative estimate of drug-likeness (QED) is 0.659. The Labute approximate surface area is 170 Å². The zero-order chi connectivity index (χ0) is 20.1. The van der Waals surface area contributed by atoms with Gasteiger partial charge in [0.15, 0.2) is 0 Å². The van der Waals surface area contributed by atoms with Gasteiger partial charge in [-0.3, -0.25) is 4.79 Å². The van der Waals surface area contributed by atoms with E-state index in [9.17, 15) is 9.59 Å². The molecule has 0 unspecified atom stereocenters. The van der Waals surface area contributed by atoms with E-state index in [0.29, 0.717) is 18.6 Å². The molecular weight excluding hydrogens is 368 g/mol. The number of esters is 1. The number of amides is 1. The fourth-order valence-electron chi connectivity index (χ4n) is 3.65. The molecule has 0 heterocycles. The van der Waals surface area contributed by atoms with Crippen molar-refractivity contribution in [2.45, 2.75) is 97.6 Å². The third kappa shape index (κ3) is 6.77. The van der Waals surface area contributed by atoms with Crippen molar-refractivity contribution in [1.29, 1.82) is 0 Å². The molecule has 1 amide bonds. The van der Waals surface area contributed by atoms with Crippen molar-refractivity contribution in [3.63, 3.8) is 0 Å². The monoisotopic (exact) mass is 404 g/mol. The van der Waals surface area contributed by atoms with Gasteiger partial charge in [0.2, 0.25) is 5.91 Å². The highest BCUT2D eigenvalue weighted by atomic mass is 35.5. The van der Waals surface area contributed by atoms with Crippen LogP contribution in [-0.2, 0) is 19.1 Å². The lowest BCUT2D eigenvalue weighted by Crippen LogP contribution is -2.63. The van der Waals surface area contributed by atoms with Crippen molar-refractivity contribution in [1.82, 2.24) is 4.90 Å². The van der Waals surface area contributed by atoms with Crippen molar-refractivity contribution >= 4 is 24.3 Å². The number of nitrogens with zero attached hydrogens (tertiary/aromatic N) is 1. The van der Waals surface area contributed by atoms with Gasteiger partial charge in [0.05, 0.1) is 24.9 Å². The van der Waals surface area contributed by atoms with E-state index in [-0.39, 0.29) is 36.4 Å². The summed E-state index contributed by atoms with van der Waals surface area (Å²) in [6.45, 7) is 13.7. The van der Waals surface area contributed by atoms with E-state index in [1.54, 1.807) is 18.7 Å². The molecule has 0 aliphatic heterocycles. The van der Waals surface area contributed by atoms with E-state index in [4.69, 9.17) is 15.2 Å². The normalized spacial score (nSPS) is 22.7. The molecule has 7 heteroatoms. The molecule has 0 spiro atoms. The minimum atomic E-state index is -0.439. The number of halogens is 1. The molecule has 0 aromatic carbocycles. The SMILES string of the molecule is CCOC(=O)C1=C[C@@H](OC(CC)CC)[C@H](N(C(C)=O)C(C)(C)C)[C@@H](N)C1.Cl. The lowest BCUT2D eigenvalue weighted by Gasteiger charge is -2.48. The molecule has 0 aromatic heterocycles. The summed E-state index contributed by atoms with van der Waals surface area (Å²) in [4.78, 5) is 26.5. The van der Waals surface area contributed by atoms with Crippen LogP contribution in [0.25, 0.3) is 0 Å². The van der Waals surface area contributed by atoms with Crippen LogP contribution in [0, 0.1) is 0 Å². The molecule has 0 saturated carbocycles. The summed E-state index contributed by atoms with van der Waals surface area (Å²) in [6, 6.07) is -0.729. The Bertz CT molecular complexity index is 527. The highest BCUT2D eigenvalue weighted by Gasteiger charge is 2.43. The van der Waals surface area contributed by atoms with Crippen molar-refractivity contribution in [3.05, 3.63) is 11.6 Å². The lowest BCUT2D eigenvalue weighted by atomic mass is 9.85. The Hall–Kier alpha value is -1.11. The number of nitrogens with two attached hydrogens (primary N) is 1. The number of ether oxygens (including phenoxy) is 2. The number of hydrogen-bond acceptors (Lipinski definition) is 5. The third-order valence-corrected chi connectivity index (χ3v) is 4.75. The molecule has 1 rings (SSSR count). The maximum Gasteiger partial charge on any atom is 0.333 e. The summed E-state index contributed by atoms with van der Waals surface area (Å²) < 4.78 is 11.4. The highest BCUT2D eigenvalue weighted by molar-refractivity contribution is 5.89. The maximum atomic E-state index is 12.4. The molecule has 3 atom stereocenters. The van der Waals surface area contributed by atoms with Crippen LogP contribution >= 0.6 is 12.4 Å². The Morgan fingerprint density at radius 2 is 1.81 bits per heavy atom. The lowest BCUT2D eigenvalue weighted by molar-refractivity contribution is -0.145. The van der Waals surface area contributed by atoms with Gasteiger partial charge in [-0.05, 0) is 53.0 Å². The first-order valence-corrected chi connectivity index (χ1v) is 9.65. The maximum absolute atomic E-state index is 12.4. The zero-order valence-corrected chi connectivity index (χ0v) is 18.6. The van der Waals surface area contributed by atoms with Gasteiger partial charge in [-0.15, -0.1) is 12.4 Å². The average molecular weight is 405 g/mol. The topological polar surface area (TPSA) is 81.9 Å². The van der Waals surface area contributed by atoms with Gasteiger partial charge in [0.1, 0.15) is 0 Å². The summed E-state index contributed by atoms with van der Waals surface area (Å²) in [6.07, 6.45) is 3.49. The smallest absolute Gasteiger partial charge is 0.333 e. The van der Waals surface area contributed by atoms with Gasteiger partial charge < -0.3 is 20.1 Å². The second-order valence-corrected chi connectivity index (χ2v) is 7.87. The largest absolute Gasteiger partial charge is 0.463 e. The summed E-state index contributed by atoms with van der Waals surface area (Å²) in [5.41, 5.74) is 6.59. The molecule has 158 valence electrons. The number of rotatable bonds is 7. The van der Waals surface area contributed by atoms with E-state index >= 15 is 0 Å². The van der Waals surface area contributed by atoms with Crippen molar-refractivity contribution in [3.8, 4) is 0 Å². The average Bonchev–Trinajstić information content (AvgIpc) is 2.53. The van der Waals surface area contributed by atoms with Crippen LogP contribution in [0.2, 0.25) is 0 Å². The molecule has 0 bridgehead atoms. The molecule has 1 aliphatic rings. The fraction of sp³-hybridized carbons (Fsp3) is 0.800. The molecule has 0 saturated heterocycles. The molecule has 27 heavy (non-hydrogen) atoms. The Kier molecular flexibility index (Phi) is 10.6. The van der Waals surface area contributed by atoms with Crippen LogP contribution in [-0.4, -0.2) is 53.2 Å².